The van der Waals surface area contributed by atoms with E-state index in [0.717, 1.165) is 18.2 Å². The third-order valence-electron chi connectivity index (χ3n) is 4.87. The average molecular weight is 424 g/mol. The molecule has 1 aromatic heterocycles. The molecule has 1 saturated heterocycles. The molecule has 1 aliphatic rings. The summed E-state index contributed by atoms with van der Waals surface area (Å²) in [5.41, 5.74) is -1.08. The largest absolute Gasteiger partial charge is 0.419 e. The SMILES string of the molecule is N#CC(NC(=O)C1CCCN(c2ncccc2C(F)(F)F)C1)c1ccc(F)cc1F. The normalized spacial score (nSPS) is 17.9. The van der Waals surface area contributed by atoms with Crippen LogP contribution in [0.4, 0.5) is 27.8 Å². The molecule has 3 rings (SSSR count). The lowest BCUT2D eigenvalue weighted by molar-refractivity contribution is -0.137. The van der Waals surface area contributed by atoms with Gasteiger partial charge in [-0.3, -0.25) is 4.79 Å². The number of hydrogen-bond acceptors (Lipinski definition) is 4. The highest BCUT2D eigenvalue weighted by Gasteiger charge is 2.37. The van der Waals surface area contributed by atoms with Crippen molar-refractivity contribution in [2.24, 2.45) is 5.92 Å². The molecule has 0 radical (unpaired) electrons. The first-order valence-electron chi connectivity index (χ1n) is 9.13. The van der Waals surface area contributed by atoms with Crippen LogP contribution >= 0.6 is 0 Å². The van der Waals surface area contributed by atoms with Crippen LogP contribution in [0.25, 0.3) is 0 Å². The summed E-state index contributed by atoms with van der Waals surface area (Å²) in [7, 11) is 0. The summed E-state index contributed by atoms with van der Waals surface area (Å²) < 4.78 is 66.9. The van der Waals surface area contributed by atoms with Crippen LogP contribution in [-0.2, 0) is 11.0 Å². The summed E-state index contributed by atoms with van der Waals surface area (Å²) >= 11 is 0. The van der Waals surface area contributed by atoms with Crippen LogP contribution in [0, 0.1) is 28.9 Å². The topological polar surface area (TPSA) is 69.0 Å². The van der Waals surface area contributed by atoms with E-state index >= 15 is 0 Å². The fourth-order valence-corrected chi connectivity index (χ4v) is 3.43. The van der Waals surface area contributed by atoms with Gasteiger partial charge in [-0.2, -0.15) is 18.4 Å². The molecular formula is C20H17F5N4O. The number of carbonyl (C=O) groups is 1. The highest BCUT2D eigenvalue weighted by molar-refractivity contribution is 5.80. The minimum absolute atomic E-state index is 0.0318. The standard InChI is InChI=1S/C20H17F5N4O/c21-13-5-6-14(16(22)9-13)17(10-26)28-19(30)12-3-2-8-29(11-12)18-15(20(23,24)25)4-1-7-27-18/h1,4-7,9,12,17H,2-3,8,11H2,(H,28,30). The number of anilines is 1. The molecule has 0 bridgehead atoms. The molecule has 1 aliphatic heterocycles. The smallest absolute Gasteiger partial charge is 0.355 e. The number of amides is 1. The van der Waals surface area contributed by atoms with Gasteiger partial charge in [-0.15, -0.1) is 0 Å². The van der Waals surface area contributed by atoms with Gasteiger partial charge in [0.2, 0.25) is 5.91 Å². The van der Waals surface area contributed by atoms with Gasteiger partial charge in [0.25, 0.3) is 0 Å². The number of nitriles is 1. The van der Waals surface area contributed by atoms with Gasteiger partial charge >= 0.3 is 6.18 Å². The van der Waals surface area contributed by atoms with Crippen molar-refractivity contribution in [2.45, 2.75) is 25.1 Å². The van der Waals surface area contributed by atoms with Crippen LogP contribution in [-0.4, -0.2) is 24.0 Å². The summed E-state index contributed by atoms with van der Waals surface area (Å²) in [6.07, 6.45) is -2.52. The van der Waals surface area contributed by atoms with Gasteiger partial charge in [-0.1, -0.05) is 6.07 Å². The van der Waals surface area contributed by atoms with Gasteiger partial charge in [0.05, 0.1) is 17.6 Å². The Balaban J connectivity index is 1.76. The first-order chi connectivity index (χ1) is 14.2. The Kier molecular flexibility index (Phi) is 6.20. The molecule has 5 nitrogen and oxygen atoms in total. The van der Waals surface area contributed by atoms with Crippen molar-refractivity contribution in [3.05, 3.63) is 59.3 Å². The van der Waals surface area contributed by atoms with Gasteiger partial charge in [0.1, 0.15) is 23.5 Å². The molecule has 158 valence electrons. The fraction of sp³-hybridized carbons (Fsp3) is 0.350. The number of nitrogens with zero attached hydrogens (tertiary/aromatic N) is 3. The van der Waals surface area contributed by atoms with Gasteiger partial charge in [0.15, 0.2) is 0 Å². The van der Waals surface area contributed by atoms with E-state index < -0.39 is 41.2 Å². The van der Waals surface area contributed by atoms with Crippen LogP contribution in [0.5, 0.6) is 0 Å². The molecule has 1 N–H and O–H groups in total. The lowest BCUT2D eigenvalue weighted by atomic mass is 9.95. The van der Waals surface area contributed by atoms with Crippen molar-refractivity contribution in [3.63, 3.8) is 0 Å². The number of carbonyl (C=O) groups excluding carboxylic acids is 1. The third kappa shape index (κ3) is 4.67. The Hall–Kier alpha value is -3.22. The predicted molar refractivity (Wildman–Crippen MR) is 97.0 cm³/mol. The molecule has 1 fully saturated rings. The van der Waals surface area contributed by atoms with Crippen molar-refractivity contribution in [1.29, 1.82) is 5.26 Å². The Morgan fingerprint density at radius 2 is 2.07 bits per heavy atom. The lowest BCUT2D eigenvalue weighted by Crippen LogP contribution is -2.44. The summed E-state index contributed by atoms with van der Waals surface area (Å²) in [5.74, 6) is -3.38. The molecule has 0 spiro atoms. The van der Waals surface area contributed by atoms with E-state index in [9.17, 15) is 32.0 Å². The molecule has 1 aromatic carbocycles. The zero-order chi connectivity index (χ0) is 21.9. The van der Waals surface area contributed by atoms with Crippen molar-refractivity contribution in [2.75, 3.05) is 18.0 Å². The number of hydrogen-bond donors (Lipinski definition) is 1. The second-order valence-corrected chi connectivity index (χ2v) is 6.89. The maximum absolute atomic E-state index is 14.0. The summed E-state index contributed by atoms with van der Waals surface area (Å²) in [4.78, 5) is 17.9. The van der Waals surface area contributed by atoms with Gasteiger partial charge in [0, 0.05) is 30.9 Å². The number of alkyl halides is 3. The number of aromatic nitrogens is 1. The first-order valence-corrected chi connectivity index (χ1v) is 9.13. The van der Waals surface area contributed by atoms with Gasteiger partial charge in [-0.05, 0) is 31.0 Å². The second kappa shape index (κ2) is 8.65. The number of nitrogens with one attached hydrogen (secondary N) is 1. The summed E-state index contributed by atoms with van der Waals surface area (Å²) in [6.45, 7) is 0.258. The van der Waals surface area contributed by atoms with Gasteiger partial charge in [-0.25, -0.2) is 13.8 Å². The van der Waals surface area contributed by atoms with Crippen LogP contribution in [0.1, 0.15) is 30.0 Å². The van der Waals surface area contributed by atoms with E-state index in [1.807, 2.05) is 0 Å². The summed E-state index contributed by atoms with van der Waals surface area (Å²) in [6, 6.07) is 5.15. The monoisotopic (exact) mass is 424 g/mol. The van der Waals surface area contributed by atoms with Crippen LogP contribution in [0.15, 0.2) is 36.5 Å². The van der Waals surface area contributed by atoms with Crippen LogP contribution in [0.2, 0.25) is 0 Å². The van der Waals surface area contributed by atoms with E-state index in [0.29, 0.717) is 18.9 Å². The van der Waals surface area contributed by atoms with E-state index in [-0.39, 0.29) is 24.5 Å². The number of halogens is 5. The zero-order valence-electron chi connectivity index (χ0n) is 15.6. The number of benzene rings is 1. The minimum Gasteiger partial charge on any atom is -0.355 e. The van der Waals surface area contributed by atoms with Crippen molar-refractivity contribution >= 4 is 11.7 Å². The number of pyridine rings is 1. The quantitative estimate of drug-likeness (QED) is 0.754. The number of rotatable bonds is 4. The highest BCUT2D eigenvalue weighted by atomic mass is 19.4. The Morgan fingerprint density at radius 3 is 2.73 bits per heavy atom. The van der Waals surface area contributed by atoms with Gasteiger partial charge < -0.3 is 10.2 Å². The van der Waals surface area contributed by atoms with E-state index in [4.69, 9.17) is 0 Å². The van der Waals surface area contributed by atoms with Crippen LogP contribution < -0.4 is 10.2 Å². The molecule has 2 unspecified atom stereocenters. The molecule has 30 heavy (non-hydrogen) atoms. The fourth-order valence-electron chi connectivity index (χ4n) is 3.43. The minimum atomic E-state index is -4.59. The Labute approximate surface area is 169 Å². The third-order valence-corrected chi connectivity index (χ3v) is 4.87. The predicted octanol–water partition coefficient (Wildman–Crippen LogP) is 3.98. The molecular weight excluding hydrogens is 407 g/mol. The molecule has 2 aromatic rings. The molecule has 0 saturated carbocycles. The maximum Gasteiger partial charge on any atom is 0.419 e. The lowest BCUT2D eigenvalue weighted by Gasteiger charge is -2.34. The second-order valence-electron chi connectivity index (χ2n) is 6.89. The van der Waals surface area contributed by atoms with E-state index in [1.165, 1.54) is 17.2 Å². The Morgan fingerprint density at radius 1 is 1.30 bits per heavy atom. The molecule has 2 heterocycles. The van der Waals surface area contributed by atoms with Crippen molar-refractivity contribution in [3.8, 4) is 6.07 Å². The summed E-state index contributed by atoms with van der Waals surface area (Å²) in [5, 5.41) is 11.7. The average Bonchev–Trinajstić information content (AvgIpc) is 2.72. The number of piperidine rings is 1. The molecule has 2 atom stereocenters. The van der Waals surface area contributed by atoms with Crippen molar-refractivity contribution in [1.82, 2.24) is 10.3 Å². The molecule has 0 aliphatic carbocycles. The highest BCUT2D eigenvalue weighted by Crippen LogP contribution is 2.36. The molecule has 1 amide bonds. The van der Waals surface area contributed by atoms with Crippen LogP contribution in [0.3, 0.4) is 0 Å². The van der Waals surface area contributed by atoms with Crippen molar-refractivity contribution < 1.29 is 26.7 Å². The zero-order valence-corrected chi connectivity index (χ0v) is 15.6. The first kappa shape index (κ1) is 21.5. The maximum atomic E-state index is 14.0. The molecule has 10 heteroatoms. The Bertz CT molecular complexity index is 972. The van der Waals surface area contributed by atoms with E-state index in [2.05, 4.69) is 10.3 Å². The van der Waals surface area contributed by atoms with E-state index in [1.54, 1.807) is 6.07 Å².